The van der Waals surface area contributed by atoms with Gasteiger partial charge in [-0.05, 0) is 31.9 Å². The number of pyridine rings is 1. The Hall–Kier alpha value is -1.46. The van der Waals surface area contributed by atoms with Crippen molar-refractivity contribution in [2.24, 2.45) is 4.99 Å². The first-order valence-corrected chi connectivity index (χ1v) is 10.2. The van der Waals surface area contributed by atoms with E-state index in [1.165, 1.54) is 0 Å². The van der Waals surface area contributed by atoms with Gasteiger partial charge in [-0.25, -0.2) is 4.98 Å². The van der Waals surface area contributed by atoms with Gasteiger partial charge < -0.3 is 20.3 Å². The number of hydrogen-bond acceptors (Lipinski definition) is 5. The molecule has 29 heavy (non-hydrogen) atoms. The summed E-state index contributed by atoms with van der Waals surface area (Å²) in [5, 5.41) is 6.19. The van der Waals surface area contributed by atoms with Crippen molar-refractivity contribution >= 4 is 41.7 Å². The van der Waals surface area contributed by atoms with Gasteiger partial charge in [0.25, 0.3) is 0 Å². The van der Waals surface area contributed by atoms with E-state index in [1.54, 1.807) is 6.20 Å². The summed E-state index contributed by atoms with van der Waals surface area (Å²) in [5.41, 5.74) is 1.07. The summed E-state index contributed by atoms with van der Waals surface area (Å²) >= 11 is 0. The topological polar surface area (TPSA) is 82.1 Å². The maximum atomic E-state index is 12.1. The Balaban J connectivity index is 0.00000300. The Bertz CT molecular complexity index is 663. The predicted octanol–water partition coefficient (Wildman–Crippen LogP) is 1.71. The van der Waals surface area contributed by atoms with Crippen LogP contribution in [0.25, 0.3) is 0 Å². The van der Waals surface area contributed by atoms with Crippen LogP contribution >= 0.6 is 24.0 Å². The average Bonchev–Trinajstić information content (AvgIpc) is 3.20. The van der Waals surface area contributed by atoms with Crippen molar-refractivity contribution in [1.82, 2.24) is 20.1 Å². The first-order valence-electron chi connectivity index (χ1n) is 10.2. The lowest BCUT2D eigenvalue weighted by atomic mass is 10.2. The molecule has 1 amide bonds. The second-order valence-corrected chi connectivity index (χ2v) is 7.29. The fraction of sp³-hybridized carbons (Fsp3) is 0.650. The third-order valence-corrected chi connectivity index (χ3v) is 5.14. The van der Waals surface area contributed by atoms with E-state index in [4.69, 9.17) is 4.74 Å². The number of anilines is 1. The van der Waals surface area contributed by atoms with Gasteiger partial charge in [-0.15, -0.1) is 24.0 Å². The molecule has 2 fully saturated rings. The number of halogens is 1. The van der Waals surface area contributed by atoms with E-state index in [-0.39, 0.29) is 29.9 Å². The van der Waals surface area contributed by atoms with Gasteiger partial charge in [-0.1, -0.05) is 6.07 Å². The molecule has 0 radical (unpaired) electrons. The predicted molar refractivity (Wildman–Crippen MR) is 126 cm³/mol. The third-order valence-electron chi connectivity index (χ3n) is 5.14. The minimum Gasteiger partial charge on any atom is -0.379 e. The van der Waals surface area contributed by atoms with Gasteiger partial charge >= 0.3 is 0 Å². The molecule has 2 aliphatic heterocycles. The van der Waals surface area contributed by atoms with Crippen LogP contribution in [-0.4, -0.2) is 85.2 Å². The zero-order valence-corrected chi connectivity index (χ0v) is 19.7. The smallest absolute Gasteiger partial charge is 0.227 e. The molecule has 3 heterocycles. The number of rotatable bonds is 6. The normalized spacial score (nSPS) is 20.3. The van der Waals surface area contributed by atoms with Crippen molar-refractivity contribution < 1.29 is 9.53 Å². The lowest BCUT2D eigenvalue weighted by Gasteiger charge is -2.32. The van der Waals surface area contributed by atoms with E-state index in [2.05, 4.69) is 37.3 Å². The molecule has 1 aromatic heterocycles. The summed E-state index contributed by atoms with van der Waals surface area (Å²) in [6.07, 6.45) is 3.23. The van der Waals surface area contributed by atoms with Gasteiger partial charge in [0.2, 0.25) is 5.91 Å². The monoisotopic (exact) mass is 516 g/mol. The molecular weight excluding hydrogens is 483 g/mol. The highest BCUT2D eigenvalue weighted by Crippen LogP contribution is 2.17. The van der Waals surface area contributed by atoms with Crippen LogP contribution in [0.2, 0.25) is 0 Å². The molecule has 2 saturated heterocycles. The van der Waals surface area contributed by atoms with E-state index in [0.29, 0.717) is 24.8 Å². The molecule has 1 atom stereocenters. The largest absolute Gasteiger partial charge is 0.379 e. The van der Waals surface area contributed by atoms with E-state index in [1.807, 2.05) is 19.1 Å². The number of hydrogen-bond donors (Lipinski definition) is 2. The SMILES string of the molecule is CCNC(=NCCC(=O)Nc1ccc(C)cn1)N1CCC(N2CCOCC2)C1.I. The highest BCUT2D eigenvalue weighted by molar-refractivity contribution is 14.0. The van der Waals surface area contributed by atoms with Crippen LogP contribution in [-0.2, 0) is 9.53 Å². The Morgan fingerprint density at radius 1 is 1.31 bits per heavy atom. The highest BCUT2D eigenvalue weighted by Gasteiger charge is 2.30. The van der Waals surface area contributed by atoms with Crippen molar-refractivity contribution in [3.8, 4) is 0 Å². The number of nitrogens with zero attached hydrogens (tertiary/aromatic N) is 4. The summed E-state index contributed by atoms with van der Waals surface area (Å²) < 4.78 is 5.46. The van der Waals surface area contributed by atoms with Crippen molar-refractivity contribution in [1.29, 1.82) is 0 Å². The van der Waals surface area contributed by atoms with Gasteiger partial charge in [0.05, 0.1) is 19.8 Å². The highest BCUT2D eigenvalue weighted by atomic mass is 127. The molecule has 2 aliphatic rings. The van der Waals surface area contributed by atoms with E-state index in [0.717, 1.165) is 63.9 Å². The lowest BCUT2D eigenvalue weighted by Crippen LogP contribution is -2.46. The number of aliphatic imine (C=N–C) groups is 1. The Morgan fingerprint density at radius 2 is 2.10 bits per heavy atom. The zero-order chi connectivity index (χ0) is 19.8. The molecule has 1 unspecified atom stereocenters. The molecule has 9 heteroatoms. The van der Waals surface area contributed by atoms with Gasteiger partial charge in [-0.2, -0.15) is 0 Å². The number of aromatic nitrogens is 1. The van der Waals surface area contributed by atoms with E-state index < -0.39 is 0 Å². The Labute approximate surface area is 190 Å². The maximum Gasteiger partial charge on any atom is 0.227 e. The molecular formula is C20H33IN6O2. The molecule has 0 aromatic carbocycles. The zero-order valence-electron chi connectivity index (χ0n) is 17.4. The molecule has 1 aromatic rings. The molecule has 8 nitrogen and oxygen atoms in total. The van der Waals surface area contributed by atoms with Crippen molar-refractivity contribution in [2.45, 2.75) is 32.7 Å². The van der Waals surface area contributed by atoms with Gasteiger partial charge in [0, 0.05) is 51.4 Å². The van der Waals surface area contributed by atoms with Crippen LogP contribution in [0.4, 0.5) is 5.82 Å². The summed E-state index contributed by atoms with van der Waals surface area (Å²) in [4.78, 5) is 25.9. The summed E-state index contributed by atoms with van der Waals surface area (Å²) in [6, 6.07) is 4.31. The molecule has 0 spiro atoms. The first kappa shape index (κ1) is 23.8. The summed E-state index contributed by atoms with van der Waals surface area (Å²) in [7, 11) is 0. The number of aryl methyl sites for hydroxylation is 1. The number of carbonyl (C=O) groups excluding carboxylic acids is 1. The van der Waals surface area contributed by atoms with Crippen LogP contribution in [0.5, 0.6) is 0 Å². The quantitative estimate of drug-likeness (QED) is 0.341. The summed E-state index contributed by atoms with van der Waals surface area (Å²) in [5.74, 6) is 1.42. The standard InChI is InChI=1S/C20H32N6O2.HI/c1-3-21-20(26-9-7-17(15-26)25-10-12-28-13-11-25)22-8-6-19(27)24-18-5-4-16(2)14-23-18;/h4-5,14,17H,3,6-13,15H2,1-2H3,(H,21,22)(H,23,24,27);1H. The Kier molecular flexibility index (Phi) is 10.1. The maximum absolute atomic E-state index is 12.1. The van der Waals surface area contributed by atoms with Gasteiger partial charge in [-0.3, -0.25) is 14.7 Å². The molecule has 0 saturated carbocycles. The van der Waals surface area contributed by atoms with Gasteiger partial charge in [0.1, 0.15) is 5.82 Å². The Morgan fingerprint density at radius 3 is 2.79 bits per heavy atom. The van der Waals surface area contributed by atoms with E-state index >= 15 is 0 Å². The molecule has 0 bridgehead atoms. The van der Waals surface area contributed by atoms with Crippen LogP contribution in [0, 0.1) is 6.92 Å². The molecule has 2 N–H and O–H groups in total. The van der Waals surface area contributed by atoms with Crippen LogP contribution in [0.15, 0.2) is 23.3 Å². The number of likely N-dealkylation sites (tertiary alicyclic amines) is 1. The lowest BCUT2D eigenvalue weighted by molar-refractivity contribution is -0.116. The minimum absolute atomic E-state index is 0. The minimum atomic E-state index is -0.0661. The number of carbonyl (C=O) groups is 1. The van der Waals surface area contributed by atoms with Crippen LogP contribution < -0.4 is 10.6 Å². The van der Waals surface area contributed by atoms with Gasteiger partial charge in [0.15, 0.2) is 5.96 Å². The molecule has 162 valence electrons. The molecule has 0 aliphatic carbocycles. The third kappa shape index (κ3) is 7.38. The number of morpholine rings is 1. The fourth-order valence-corrected chi connectivity index (χ4v) is 3.61. The number of nitrogens with one attached hydrogen (secondary N) is 2. The number of guanidine groups is 1. The molecule has 3 rings (SSSR count). The second kappa shape index (κ2) is 12.3. The average molecular weight is 516 g/mol. The number of amides is 1. The van der Waals surface area contributed by atoms with Crippen LogP contribution in [0.1, 0.15) is 25.3 Å². The first-order chi connectivity index (χ1) is 13.7. The van der Waals surface area contributed by atoms with Crippen molar-refractivity contribution in [2.75, 3.05) is 57.8 Å². The summed E-state index contributed by atoms with van der Waals surface area (Å²) in [6.45, 7) is 11.0. The van der Waals surface area contributed by atoms with Crippen molar-refractivity contribution in [3.05, 3.63) is 23.9 Å². The second-order valence-electron chi connectivity index (χ2n) is 7.29. The van der Waals surface area contributed by atoms with Crippen LogP contribution in [0.3, 0.4) is 0 Å². The number of ether oxygens (including phenoxy) is 1. The van der Waals surface area contributed by atoms with Crippen molar-refractivity contribution in [3.63, 3.8) is 0 Å². The van der Waals surface area contributed by atoms with E-state index in [9.17, 15) is 4.79 Å². The fourth-order valence-electron chi connectivity index (χ4n) is 3.61.